The van der Waals surface area contributed by atoms with Gasteiger partial charge in [-0.2, -0.15) is 0 Å². The summed E-state index contributed by atoms with van der Waals surface area (Å²) >= 11 is 5.15. The Labute approximate surface area is 125 Å². The molecule has 0 unspecified atom stereocenters. The molecule has 1 aromatic heterocycles. The van der Waals surface area contributed by atoms with Crippen molar-refractivity contribution < 1.29 is 9.90 Å². The summed E-state index contributed by atoms with van der Waals surface area (Å²) in [5.74, 6) is -0.802. The quantitative estimate of drug-likeness (QED) is 0.893. The minimum absolute atomic E-state index is 0.802. The number of hydrogen-bond acceptors (Lipinski definition) is 2. The molecular formula is C15H15BrO2S. The fourth-order valence-corrected chi connectivity index (χ4v) is 3.36. The molecule has 0 atom stereocenters. The Balaban J connectivity index is 2.27. The van der Waals surface area contributed by atoms with Crippen molar-refractivity contribution in [3.05, 3.63) is 56.2 Å². The summed E-state index contributed by atoms with van der Waals surface area (Å²) in [6.45, 7) is 3.46. The number of aliphatic carboxylic acids is 1. The third-order valence-corrected chi connectivity index (χ3v) is 4.81. The Morgan fingerprint density at radius 3 is 2.63 bits per heavy atom. The van der Waals surface area contributed by atoms with E-state index in [4.69, 9.17) is 0 Å². The van der Waals surface area contributed by atoms with E-state index in [-0.39, 0.29) is 0 Å². The van der Waals surface area contributed by atoms with Crippen LogP contribution in [0.3, 0.4) is 0 Å². The third kappa shape index (κ3) is 3.25. The summed E-state index contributed by atoms with van der Waals surface area (Å²) < 4.78 is 1.12. The Kier molecular flexibility index (Phi) is 4.11. The highest BCUT2D eigenvalue weighted by atomic mass is 79.9. The average molecular weight is 339 g/mol. The summed E-state index contributed by atoms with van der Waals surface area (Å²) in [6.07, 6.45) is 0.833. The molecule has 0 fully saturated rings. The predicted octanol–water partition coefficient (Wildman–Crippen LogP) is 4.46. The summed E-state index contributed by atoms with van der Waals surface area (Å²) in [4.78, 5) is 12.6. The number of carbonyl (C=O) groups is 1. The third-order valence-electron chi connectivity index (χ3n) is 3.19. The molecule has 1 aromatic carbocycles. The second-order valence-corrected chi connectivity index (χ2v) is 7.56. The van der Waals surface area contributed by atoms with Crippen LogP contribution in [0.1, 0.15) is 29.9 Å². The molecule has 0 aliphatic heterocycles. The SMILES string of the molecule is CC(C)(C(=O)O)c1cccc(Cc2ccc(Br)s2)c1. The van der Waals surface area contributed by atoms with Crippen LogP contribution in [-0.4, -0.2) is 11.1 Å². The second-order valence-electron chi connectivity index (χ2n) is 5.01. The van der Waals surface area contributed by atoms with Gasteiger partial charge in [0.05, 0.1) is 9.20 Å². The van der Waals surface area contributed by atoms with Crippen LogP contribution < -0.4 is 0 Å². The zero-order valence-electron chi connectivity index (χ0n) is 10.8. The second kappa shape index (κ2) is 5.47. The van der Waals surface area contributed by atoms with Crippen molar-refractivity contribution in [3.8, 4) is 0 Å². The fraction of sp³-hybridized carbons (Fsp3) is 0.267. The summed E-state index contributed by atoms with van der Waals surface area (Å²) in [5, 5.41) is 9.27. The minimum Gasteiger partial charge on any atom is -0.481 e. The van der Waals surface area contributed by atoms with Gasteiger partial charge in [0.15, 0.2) is 0 Å². The highest BCUT2D eigenvalue weighted by molar-refractivity contribution is 9.11. The first-order chi connectivity index (χ1) is 8.89. The number of hydrogen-bond donors (Lipinski definition) is 1. The van der Waals surface area contributed by atoms with Crippen LogP contribution in [0.4, 0.5) is 0 Å². The largest absolute Gasteiger partial charge is 0.481 e. The van der Waals surface area contributed by atoms with Gasteiger partial charge in [-0.3, -0.25) is 4.79 Å². The van der Waals surface area contributed by atoms with E-state index >= 15 is 0 Å². The van der Waals surface area contributed by atoms with E-state index in [0.29, 0.717) is 0 Å². The van der Waals surface area contributed by atoms with Crippen LogP contribution in [0.2, 0.25) is 0 Å². The van der Waals surface area contributed by atoms with E-state index in [1.165, 1.54) is 4.88 Å². The molecule has 19 heavy (non-hydrogen) atoms. The molecule has 0 radical (unpaired) electrons. The van der Waals surface area contributed by atoms with Gasteiger partial charge in [0.25, 0.3) is 0 Å². The molecule has 0 aliphatic rings. The number of halogens is 1. The predicted molar refractivity (Wildman–Crippen MR) is 81.9 cm³/mol. The van der Waals surface area contributed by atoms with Crippen LogP contribution in [0.15, 0.2) is 40.2 Å². The van der Waals surface area contributed by atoms with Crippen molar-refractivity contribution in [2.75, 3.05) is 0 Å². The first kappa shape index (κ1) is 14.3. The Bertz CT molecular complexity index is 602. The highest BCUT2D eigenvalue weighted by Crippen LogP contribution is 2.27. The van der Waals surface area contributed by atoms with E-state index in [9.17, 15) is 9.90 Å². The van der Waals surface area contributed by atoms with Gasteiger partial charge in [0.2, 0.25) is 0 Å². The molecule has 0 bridgehead atoms. The maximum Gasteiger partial charge on any atom is 0.313 e. The number of carboxylic acid groups (broad SMARTS) is 1. The number of benzene rings is 1. The topological polar surface area (TPSA) is 37.3 Å². The lowest BCUT2D eigenvalue weighted by atomic mass is 9.84. The molecular weight excluding hydrogens is 324 g/mol. The van der Waals surface area contributed by atoms with Gasteiger partial charge < -0.3 is 5.11 Å². The van der Waals surface area contributed by atoms with Crippen LogP contribution in [0, 0.1) is 0 Å². The first-order valence-electron chi connectivity index (χ1n) is 5.96. The molecule has 0 saturated heterocycles. The van der Waals surface area contributed by atoms with Crippen molar-refractivity contribution in [1.29, 1.82) is 0 Å². The maximum atomic E-state index is 11.3. The minimum atomic E-state index is -0.855. The summed E-state index contributed by atoms with van der Waals surface area (Å²) in [5.41, 5.74) is 1.13. The van der Waals surface area contributed by atoms with Crippen molar-refractivity contribution in [3.63, 3.8) is 0 Å². The van der Waals surface area contributed by atoms with E-state index < -0.39 is 11.4 Å². The van der Waals surface area contributed by atoms with Crippen LogP contribution in [-0.2, 0) is 16.6 Å². The van der Waals surface area contributed by atoms with Gasteiger partial charge >= 0.3 is 5.97 Å². The molecule has 0 spiro atoms. The van der Waals surface area contributed by atoms with E-state index in [0.717, 1.165) is 21.3 Å². The lowest BCUT2D eigenvalue weighted by Crippen LogP contribution is -2.28. The van der Waals surface area contributed by atoms with Crippen molar-refractivity contribution >= 4 is 33.2 Å². The van der Waals surface area contributed by atoms with Gasteiger partial charge in [-0.05, 0) is 53.0 Å². The van der Waals surface area contributed by atoms with Gasteiger partial charge in [0.1, 0.15) is 0 Å². The molecule has 4 heteroatoms. The van der Waals surface area contributed by atoms with Gasteiger partial charge in [-0.15, -0.1) is 11.3 Å². The van der Waals surface area contributed by atoms with E-state index in [1.807, 2.05) is 30.3 Å². The molecule has 2 nitrogen and oxygen atoms in total. The van der Waals surface area contributed by atoms with Gasteiger partial charge in [-0.1, -0.05) is 24.3 Å². The summed E-state index contributed by atoms with van der Waals surface area (Å²) in [7, 11) is 0. The standard InChI is InChI=1S/C15H15BrO2S/c1-15(2,14(17)18)11-5-3-4-10(8-11)9-12-6-7-13(16)19-12/h3-8H,9H2,1-2H3,(H,17,18). The lowest BCUT2D eigenvalue weighted by molar-refractivity contribution is -0.142. The Morgan fingerprint density at radius 2 is 2.05 bits per heavy atom. The van der Waals surface area contributed by atoms with Gasteiger partial charge in [-0.25, -0.2) is 0 Å². The molecule has 0 aliphatic carbocycles. The zero-order valence-corrected chi connectivity index (χ0v) is 13.2. The molecule has 2 aromatic rings. The molecule has 100 valence electrons. The fourth-order valence-electron chi connectivity index (χ4n) is 1.84. The lowest BCUT2D eigenvalue weighted by Gasteiger charge is -2.20. The van der Waals surface area contributed by atoms with Crippen molar-refractivity contribution in [2.24, 2.45) is 0 Å². The van der Waals surface area contributed by atoms with Gasteiger partial charge in [0, 0.05) is 11.3 Å². The zero-order chi connectivity index (χ0) is 14.0. The number of thiophene rings is 1. The Morgan fingerprint density at radius 1 is 1.32 bits per heavy atom. The summed E-state index contributed by atoms with van der Waals surface area (Å²) in [6, 6.07) is 11.9. The number of carboxylic acids is 1. The highest BCUT2D eigenvalue weighted by Gasteiger charge is 2.29. The van der Waals surface area contributed by atoms with E-state index in [1.54, 1.807) is 25.2 Å². The normalized spacial score (nSPS) is 11.5. The Hall–Kier alpha value is -1.13. The maximum absolute atomic E-state index is 11.3. The van der Waals surface area contributed by atoms with E-state index in [2.05, 4.69) is 22.0 Å². The monoisotopic (exact) mass is 338 g/mol. The van der Waals surface area contributed by atoms with Crippen LogP contribution in [0.5, 0.6) is 0 Å². The van der Waals surface area contributed by atoms with Crippen molar-refractivity contribution in [2.45, 2.75) is 25.7 Å². The first-order valence-corrected chi connectivity index (χ1v) is 7.57. The van der Waals surface area contributed by atoms with Crippen LogP contribution >= 0.6 is 27.3 Å². The molecule has 1 heterocycles. The molecule has 0 amide bonds. The molecule has 1 N–H and O–H groups in total. The van der Waals surface area contributed by atoms with Crippen molar-refractivity contribution in [1.82, 2.24) is 0 Å². The number of rotatable bonds is 4. The molecule has 0 saturated carbocycles. The van der Waals surface area contributed by atoms with Crippen LogP contribution in [0.25, 0.3) is 0 Å². The smallest absolute Gasteiger partial charge is 0.313 e. The molecule has 2 rings (SSSR count). The average Bonchev–Trinajstić information content (AvgIpc) is 2.75.